The van der Waals surface area contributed by atoms with E-state index >= 15 is 0 Å². The van der Waals surface area contributed by atoms with Crippen molar-refractivity contribution < 1.29 is 9.13 Å². The van der Waals surface area contributed by atoms with E-state index in [4.69, 9.17) is 0 Å². The van der Waals surface area contributed by atoms with Crippen molar-refractivity contribution in [2.24, 2.45) is 0 Å². The molecule has 0 amide bonds. The van der Waals surface area contributed by atoms with Gasteiger partial charge in [0.25, 0.3) is 5.69 Å². The van der Waals surface area contributed by atoms with Gasteiger partial charge in [0.2, 0.25) is 0 Å². The molecule has 0 aliphatic carbocycles. The Hall–Kier alpha value is -1.43. The van der Waals surface area contributed by atoms with E-state index in [2.05, 4.69) is 5.32 Å². The number of nitro groups is 1. The second kappa shape index (κ2) is 5.77. The molecule has 1 rings (SSSR count). The van der Waals surface area contributed by atoms with Crippen LogP contribution < -0.4 is 5.32 Å². The molecule has 2 atom stereocenters. The average molecular weight is 256 g/mol. The fraction of sp³-hybridized carbons (Fsp3) is 0.455. The molecule has 6 heteroatoms. The number of benzene rings is 1. The fourth-order valence-corrected chi connectivity index (χ4v) is 2.33. The van der Waals surface area contributed by atoms with Gasteiger partial charge < -0.3 is 5.32 Å². The molecule has 0 radical (unpaired) electrons. The molecule has 0 saturated heterocycles. The van der Waals surface area contributed by atoms with Gasteiger partial charge in [-0.1, -0.05) is 6.07 Å². The molecule has 0 bridgehead atoms. The molecular weight excluding hydrogens is 240 g/mol. The maximum Gasteiger partial charge on any atom is 0.271 e. The lowest BCUT2D eigenvalue weighted by atomic mass is 10.1. The average Bonchev–Trinajstić information content (AvgIpc) is 2.19. The summed E-state index contributed by atoms with van der Waals surface area (Å²) in [6.07, 6.45) is 1.64. The van der Waals surface area contributed by atoms with Crippen LogP contribution in [0.1, 0.15) is 12.5 Å². The van der Waals surface area contributed by atoms with Crippen LogP contribution in [0.15, 0.2) is 18.2 Å². The van der Waals surface area contributed by atoms with Crippen LogP contribution in [0, 0.1) is 17.0 Å². The van der Waals surface area contributed by atoms with Gasteiger partial charge >= 0.3 is 0 Å². The van der Waals surface area contributed by atoms with Gasteiger partial charge in [-0.2, -0.15) is 0 Å². The number of hydrogen-bond acceptors (Lipinski definition) is 4. The van der Waals surface area contributed by atoms with Crippen LogP contribution in [0.5, 0.6) is 0 Å². The lowest BCUT2D eigenvalue weighted by Gasteiger charge is -2.15. The lowest BCUT2D eigenvalue weighted by molar-refractivity contribution is -0.384. The highest BCUT2D eigenvalue weighted by atomic mass is 32.2. The van der Waals surface area contributed by atoms with Crippen molar-refractivity contribution in [3.8, 4) is 0 Å². The number of nitro benzene ring substituents is 1. The van der Waals surface area contributed by atoms with Crippen molar-refractivity contribution in [3.63, 3.8) is 0 Å². The van der Waals surface area contributed by atoms with Crippen molar-refractivity contribution in [3.05, 3.63) is 33.9 Å². The minimum atomic E-state index is -0.886. The highest BCUT2D eigenvalue weighted by molar-refractivity contribution is 7.84. The maximum atomic E-state index is 11.1. The highest BCUT2D eigenvalue weighted by Crippen LogP contribution is 2.22. The topological polar surface area (TPSA) is 72.2 Å². The summed E-state index contributed by atoms with van der Waals surface area (Å²) in [6.45, 7) is 3.78. The Morgan fingerprint density at radius 2 is 2.18 bits per heavy atom. The third-order valence-corrected chi connectivity index (χ3v) is 3.29. The summed E-state index contributed by atoms with van der Waals surface area (Å²) in [6, 6.07) is 4.70. The smallest absolute Gasteiger partial charge is 0.271 e. The molecule has 0 aromatic heterocycles. The van der Waals surface area contributed by atoms with Gasteiger partial charge in [-0.15, -0.1) is 0 Å². The summed E-state index contributed by atoms with van der Waals surface area (Å²) < 4.78 is 11.1. The van der Waals surface area contributed by atoms with E-state index in [1.165, 1.54) is 12.1 Å². The van der Waals surface area contributed by atoms with Crippen molar-refractivity contribution >= 4 is 22.2 Å². The molecule has 1 aromatic carbocycles. The maximum absolute atomic E-state index is 11.1. The third kappa shape index (κ3) is 4.14. The quantitative estimate of drug-likeness (QED) is 0.646. The molecule has 1 aromatic rings. The molecule has 2 unspecified atom stereocenters. The second-order valence-electron chi connectivity index (χ2n) is 4.04. The van der Waals surface area contributed by atoms with Crippen LogP contribution in [0.3, 0.4) is 0 Å². The van der Waals surface area contributed by atoms with E-state index in [1.807, 2.05) is 13.8 Å². The van der Waals surface area contributed by atoms with E-state index in [1.54, 1.807) is 12.3 Å². The Morgan fingerprint density at radius 1 is 1.53 bits per heavy atom. The van der Waals surface area contributed by atoms with Crippen LogP contribution in [0.25, 0.3) is 0 Å². The van der Waals surface area contributed by atoms with E-state index in [9.17, 15) is 14.3 Å². The van der Waals surface area contributed by atoms with Gasteiger partial charge in [-0.25, -0.2) is 0 Å². The number of hydrogen-bond donors (Lipinski definition) is 1. The van der Waals surface area contributed by atoms with Crippen molar-refractivity contribution in [2.45, 2.75) is 19.9 Å². The van der Waals surface area contributed by atoms with Gasteiger partial charge in [-0.3, -0.25) is 14.3 Å². The van der Waals surface area contributed by atoms with Crippen molar-refractivity contribution in [1.82, 2.24) is 0 Å². The molecule has 0 aliphatic heterocycles. The van der Waals surface area contributed by atoms with E-state index < -0.39 is 15.7 Å². The molecule has 0 spiro atoms. The number of rotatable bonds is 5. The summed E-state index contributed by atoms with van der Waals surface area (Å²) in [4.78, 5) is 10.2. The van der Waals surface area contributed by atoms with Crippen LogP contribution in [-0.2, 0) is 10.8 Å². The Morgan fingerprint density at radius 3 is 2.71 bits per heavy atom. The van der Waals surface area contributed by atoms with Crippen molar-refractivity contribution in [1.29, 1.82) is 0 Å². The minimum Gasteiger partial charge on any atom is -0.381 e. The number of non-ortho nitro benzene ring substituents is 1. The molecule has 17 heavy (non-hydrogen) atoms. The third-order valence-electron chi connectivity index (χ3n) is 2.32. The standard InChI is InChI=1S/C11H16N2O3S/c1-8-4-5-10(13(14)15)6-11(8)12-9(2)7-17(3)16/h4-6,9,12H,7H2,1-3H3. The second-order valence-corrected chi connectivity index (χ2v) is 5.52. The zero-order valence-corrected chi connectivity index (χ0v) is 10.9. The van der Waals surface area contributed by atoms with Gasteiger partial charge in [0.15, 0.2) is 0 Å². The summed E-state index contributed by atoms with van der Waals surface area (Å²) in [5.74, 6) is 0.516. The Balaban J connectivity index is 2.86. The molecule has 1 N–H and O–H groups in total. The molecular formula is C11H16N2O3S. The molecule has 0 heterocycles. The number of anilines is 1. The molecule has 0 aliphatic rings. The first-order valence-electron chi connectivity index (χ1n) is 5.21. The summed E-state index contributed by atoms with van der Waals surface area (Å²) in [5, 5.41) is 13.8. The number of aryl methyl sites for hydroxylation is 1. The Labute approximate surface area is 103 Å². The largest absolute Gasteiger partial charge is 0.381 e. The van der Waals surface area contributed by atoms with E-state index in [0.29, 0.717) is 5.75 Å². The predicted octanol–water partition coefficient (Wildman–Crippen LogP) is 2.08. The first kappa shape index (κ1) is 13.6. The highest BCUT2D eigenvalue weighted by Gasteiger charge is 2.11. The monoisotopic (exact) mass is 256 g/mol. The van der Waals surface area contributed by atoms with Gasteiger partial charge in [0.05, 0.1) is 4.92 Å². The number of nitrogens with zero attached hydrogens (tertiary/aromatic N) is 1. The first-order chi connectivity index (χ1) is 7.90. The first-order valence-corrected chi connectivity index (χ1v) is 6.94. The molecule has 5 nitrogen and oxygen atoms in total. The van der Waals surface area contributed by atoms with Crippen LogP contribution in [0.4, 0.5) is 11.4 Å². The molecule has 0 fully saturated rings. The van der Waals surface area contributed by atoms with Gasteiger partial charge in [0.1, 0.15) is 0 Å². The summed E-state index contributed by atoms with van der Waals surface area (Å²) in [7, 11) is -0.886. The zero-order chi connectivity index (χ0) is 13.0. The van der Waals surface area contributed by atoms with E-state index in [0.717, 1.165) is 11.3 Å². The zero-order valence-electron chi connectivity index (χ0n) is 10.1. The minimum absolute atomic E-state index is 0.0153. The molecule has 94 valence electrons. The van der Waals surface area contributed by atoms with E-state index in [-0.39, 0.29) is 11.7 Å². The Kier molecular flexibility index (Phi) is 4.62. The summed E-state index contributed by atoms with van der Waals surface area (Å²) in [5.41, 5.74) is 1.71. The predicted molar refractivity (Wildman–Crippen MR) is 69.9 cm³/mol. The van der Waals surface area contributed by atoms with Crippen LogP contribution >= 0.6 is 0 Å². The normalized spacial score (nSPS) is 14.1. The lowest BCUT2D eigenvalue weighted by Crippen LogP contribution is -2.22. The van der Waals surface area contributed by atoms with Crippen LogP contribution in [0.2, 0.25) is 0 Å². The SMILES string of the molecule is Cc1ccc([N+](=O)[O-])cc1NC(C)CS(C)=O. The van der Waals surface area contributed by atoms with Crippen molar-refractivity contribution in [2.75, 3.05) is 17.3 Å². The number of nitrogens with one attached hydrogen (secondary N) is 1. The van der Waals surface area contributed by atoms with Crippen LogP contribution in [-0.4, -0.2) is 27.2 Å². The summed E-state index contributed by atoms with van der Waals surface area (Å²) >= 11 is 0. The Bertz CT molecular complexity index is 448. The fourth-order valence-electron chi connectivity index (χ4n) is 1.54. The van der Waals surface area contributed by atoms with Gasteiger partial charge in [0, 0.05) is 46.7 Å². The van der Waals surface area contributed by atoms with Gasteiger partial charge in [-0.05, 0) is 19.4 Å². The molecule has 0 saturated carbocycles.